The van der Waals surface area contributed by atoms with Crippen molar-refractivity contribution in [3.05, 3.63) is 65.7 Å². The Morgan fingerprint density at radius 2 is 1.76 bits per heavy atom. The molecule has 0 heterocycles. The van der Waals surface area contributed by atoms with Crippen molar-refractivity contribution in [1.29, 1.82) is 0 Å². The van der Waals surface area contributed by atoms with E-state index in [9.17, 15) is 9.90 Å². The number of thiocarbonyl (C=S) groups is 1. The SMILES string of the molecule is COc1ccc(CC(C(=S)C(=O)O)c2ccccc2)cc1. The first-order chi connectivity index (χ1) is 10.1. The van der Waals surface area contributed by atoms with Crippen LogP contribution in [0.25, 0.3) is 0 Å². The number of hydrogen-bond donors (Lipinski definition) is 1. The highest BCUT2D eigenvalue weighted by Gasteiger charge is 2.22. The van der Waals surface area contributed by atoms with Crippen molar-refractivity contribution in [2.75, 3.05) is 7.11 Å². The normalized spacial score (nSPS) is 11.7. The summed E-state index contributed by atoms with van der Waals surface area (Å²) in [5, 5.41) is 9.21. The second-order valence-corrected chi connectivity index (χ2v) is 5.12. The minimum Gasteiger partial charge on any atom is -0.497 e. The average molecular weight is 300 g/mol. The first-order valence-electron chi connectivity index (χ1n) is 6.57. The number of rotatable bonds is 6. The van der Waals surface area contributed by atoms with Gasteiger partial charge in [0.2, 0.25) is 0 Å². The topological polar surface area (TPSA) is 46.5 Å². The minimum absolute atomic E-state index is 0.0389. The molecule has 0 bridgehead atoms. The van der Waals surface area contributed by atoms with Crippen LogP contribution >= 0.6 is 12.2 Å². The van der Waals surface area contributed by atoms with Crippen LogP contribution in [0.15, 0.2) is 54.6 Å². The average Bonchev–Trinajstić information content (AvgIpc) is 2.53. The zero-order valence-electron chi connectivity index (χ0n) is 11.7. The fourth-order valence-electron chi connectivity index (χ4n) is 2.19. The van der Waals surface area contributed by atoms with E-state index in [1.54, 1.807) is 7.11 Å². The van der Waals surface area contributed by atoms with E-state index in [0.717, 1.165) is 16.9 Å². The predicted octanol–water partition coefficient (Wildman–Crippen LogP) is 3.48. The molecule has 0 aliphatic heterocycles. The zero-order valence-corrected chi connectivity index (χ0v) is 12.5. The van der Waals surface area contributed by atoms with Crippen molar-refractivity contribution < 1.29 is 14.6 Å². The lowest BCUT2D eigenvalue weighted by Gasteiger charge is -2.16. The van der Waals surface area contributed by atoms with Crippen molar-refractivity contribution >= 4 is 23.1 Å². The van der Waals surface area contributed by atoms with Gasteiger partial charge in [-0.1, -0.05) is 54.7 Å². The summed E-state index contributed by atoms with van der Waals surface area (Å²) in [5.41, 5.74) is 1.94. The third-order valence-corrected chi connectivity index (χ3v) is 3.79. The van der Waals surface area contributed by atoms with Crippen LogP contribution in [0.4, 0.5) is 0 Å². The van der Waals surface area contributed by atoms with Gasteiger partial charge in [0, 0.05) is 5.92 Å². The lowest BCUT2D eigenvalue weighted by molar-refractivity contribution is -0.129. The van der Waals surface area contributed by atoms with Gasteiger partial charge in [0.25, 0.3) is 0 Å². The molecule has 2 rings (SSSR count). The molecule has 21 heavy (non-hydrogen) atoms. The molecule has 0 radical (unpaired) electrons. The highest BCUT2D eigenvalue weighted by atomic mass is 32.1. The summed E-state index contributed by atoms with van der Waals surface area (Å²) in [5.74, 6) is -0.574. The summed E-state index contributed by atoms with van der Waals surface area (Å²) in [6, 6.07) is 17.1. The lowest BCUT2D eigenvalue weighted by Crippen LogP contribution is -2.21. The van der Waals surface area contributed by atoms with Gasteiger partial charge in [0.15, 0.2) is 0 Å². The minimum atomic E-state index is -1.03. The fraction of sp³-hybridized carbons (Fsp3) is 0.176. The Morgan fingerprint density at radius 3 is 2.29 bits per heavy atom. The maximum absolute atomic E-state index is 11.2. The van der Waals surface area contributed by atoms with E-state index in [2.05, 4.69) is 0 Å². The highest BCUT2D eigenvalue weighted by Crippen LogP contribution is 2.24. The number of aliphatic carboxylic acids is 1. The number of carbonyl (C=O) groups is 1. The third-order valence-electron chi connectivity index (χ3n) is 3.33. The molecule has 108 valence electrons. The van der Waals surface area contributed by atoms with Gasteiger partial charge in [0.05, 0.1) is 7.11 Å². The molecule has 1 N–H and O–H groups in total. The summed E-state index contributed by atoms with van der Waals surface area (Å²) < 4.78 is 5.12. The molecule has 1 unspecified atom stereocenters. The van der Waals surface area contributed by atoms with Gasteiger partial charge < -0.3 is 9.84 Å². The largest absolute Gasteiger partial charge is 0.497 e. The van der Waals surface area contributed by atoms with E-state index in [4.69, 9.17) is 17.0 Å². The smallest absolute Gasteiger partial charge is 0.343 e. The Morgan fingerprint density at radius 1 is 1.14 bits per heavy atom. The van der Waals surface area contributed by atoms with Gasteiger partial charge in [-0.25, -0.2) is 4.79 Å². The molecule has 4 heteroatoms. The zero-order chi connectivity index (χ0) is 15.2. The second-order valence-electron chi connectivity index (χ2n) is 4.68. The number of methoxy groups -OCH3 is 1. The molecule has 2 aromatic rings. The van der Waals surface area contributed by atoms with Crippen LogP contribution < -0.4 is 4.74 Å². The maximum atomic E-state index is 11.2. The van der Waals surface area contributed by atoms with Crippen LogP contribution in [0.2, 0.25) is 0 Å². The van der Waals surface area contributed by atoms with E-state index < -0.39 is 5.97 Å². The van der Waals surface area contributed by atoms with Crippen molar-refractivity contribution in [2.24, 2.45) is 0 Å². The summed E-state index contributed by atoms with van der Waals surface area (Å²) in [6.45, 7) is 0. The highest BCUT2D eigenvalue weighted by molar-refractivity contribution is 7.82. The van der Waals surface area contributed by atoms with Crippen LogP contribution in [0, 0.1) is 0 Å². The molecule has 0 saturated heterocycles. The molecule has 2 aromatic carbocycles. The van der Waals surface area contributed by atoms with Crippen LogP contribution in [0.1, 0.15) is 17.0 Å². The molecule has 3 nitrogen and oxygen atoms in total. The van der Waals surface area contributed by atoms with Gasteiger partial charge >= 0.3 is 5.97 Å². The molecule has 0 spiro atoms. The summed E-state index contributed by atoms with van der Waals surface area (Å²) in [7, 11) is 1.61. The van der Waals surface area contributed by atoms with E-state index in [1.165, 1.54) is 0 Å². The van der Waals surface area contributed by atoms with Crippen molar-refractivity contribution in [3.63, 3.8) is 0 Å². The van der Waals surface area contributed by atoms with Crippen LogP contribution in [-0.2, 0) is 11.2 Å². The van der Waals surface area contributed by atoms with Gasteiger partial charge in [-0.05, 0) is 29.7 Å². The summed E-state index contributed by atoms with van der Waals surface area (Å²) in [4.78, 5) is 11.3. The van der Waals surface area contributed by atoms with Crippen molar-refractivity contribution in [2.45, 2.75) is 12.3 Å². The van der Waals surface area contributed by atoms with Crippen molar-refractivity contribution in [1.82, 2.24) is 0 Å². The molecule has 0 aromatic heterocycles. The number of hydrogen-bond acceptors (Lipinski definition) is 3. The fourth-order valence-corrected chi connectivity index (χ4v) is 2.41. The standard InChI is InChI=1S/C17H16O3S/c1-20-14-9-7-12(8-10-14)11-15(16(21)17(18)19)13-5-3-2-4-6-13/h2-10,15H,11H2,1H3,(H,18,19). The monoisotopic (exact) mass is 300 g/mol. The van der Waals surface area contributed by atoms with E-state index in [1.807, 2.05) is 54.6 Å². The van der Waals surface area contributed by atoms with Gasteiger partial charge in [0.1, 0.15) is 10.6 Å². The van der Waals surface area contributed by atoms with E-state index in [-0.39, 0.29) is 10.8 Å². The van der Waals surface area contributed by atoms with Gasteiger partial charge in [-0.2, -0.15) is 0 Å². The molecule has 0 fully saturated rings. The van der Waals surface area contributed by atoms with E-state index >= 15 is 0 Å². The molecule has 1 atom stereocenters. The first-order valence-corrected chi connectivity index (χ1v) is 6.97. The predicted molar refractivity (Wildman–Crippen MR) is 86.1 cm³/mol. The molecular formula is C17H16O3S. The number of ether oxygens (including phenoxy) is 1. The van der Waals surface area contributed by atoms with Gasteiger partial charge in [-0.3, -0.25) is 0 Å². The molecule has 0 amide bonds. The summed E-state index contributed by atoms with van der Waals surface area (Å²) in [6.07, 6.45) is 0.555. The Kier molecular flexibility index (Phi) is 5.06. The third kappa shape index (κ3) is 3.89. The van der Waals surface area contributed by atoms with Crippen LogP contribution in [0.3, 0.4) is 0 Å². The lowest BCUT2D eigenvalue weighted by atomic mass is 9.89. The number of carboxylic acid groups (broad SMARTS) is 1. The molecule has 0 aliphatic rings. The number of carboxylic acids is 1. The van der Waals surface area contributed by atoms with Crippen LogP contribution in [-0.4, -0.2) is 23.1 Å². The molecular weight excluding hydrogens is 284 g/mol. The molecule has 0 saturated carbocycles. The Balaban J connectivity index is 2.27. The van der Waals surface area contributed by atoms with Crippen LogP contribution in [0.5, 0.6) is 5.75 Å². The quantitative estimate of drug-likeness (QED) is 0.830. The Bertz CT molecular complexity index is 620. The van der Waals surface area contributed by atoms with Gasteiger partial charge in [-0.15, -0.1) is 0 Å². The first kappa shape index (κ1) is 15.2. The Labute approximate surface area is 129 Å². The second kappa shape index (κ2) is 6.99. The summed E-state index contributed by atoms with van der Waals surface area (Å²) >= 11 is 5.10. The van der Waals surface area contributed by atoms with Crippen molar-refractivity contribution in [3.8, 4) is 5.75 Å². The molecule has 0 aliphatic carbocycles. The number of benzene rings is 2. The maximum Gasteiger partial charge on any atom is 0.343 e. The van der Waals surface area contributed by atoms with E-state index in [0.29, 0.717) is 6.42 Å². The Hall–Kier alpha value is -2.20.